The Bertz CT molecular complexity index is 336. The quantitative estimate of drug-likeness (QED) is 0.858. The van der Waals surface area contributed by atoms with Crippen LogP contribution in [0, 0.1) is 5.92 Å². The molecular formula is C14H23NS2. The maximum Gasteiger partial charge on any atom is 0.0438 e. The van der Waals surface area contributed by atoms with Gasteiger partial charge in [-0.05, 0) is 43.2 Å². The molecule has 0 saturated carbocycles. The highest BCUT2D eigenvalue weighted by molar-refractivity contribution is 7.98. The molecule has 17 heavy (non-hydrogen) atoms. The van der Waals surface area contributed by atoms with Gasteiger partial charge in [0, 0.05) is 21.5 Å². The molecule has 2 heterocycles. The lowest BCUT2D eigenvalue weighted by molar-refractivity contribution is 0.389. The highest BCUT2D eigenvalue weighted by Crippen LogP contribution is 2.37. The van der Waals surface area contributed by atoms with Gasteiger partial charge in [0.2, 0.25) is 0 Å². The molecule has 0 spiro atoms. The van der Waals surface area contributed by atoms with E-state index in [1.807, 2.05) is 11.3 Å². The van der Waals surface area contributed by atoms with E-state index >= 15 is 0 Å². The third-order valence-electron chi connectivity index (χ3n) is 3.58. The Morgan fingerprint density at radius 3 is 2.94 bits per heavy atom. The molecule has 2 rings (SSSR count). The van der Waals surface area contributed by atoms with Crippen molar-refractivity contribution in [1.29, 1.82) is 0 Å². The summed E-state index contributed by atoms with van der Waals surface area (Å²) in [6.07, 6.45) is 3.87. The van der Waals surface area contributed by atoms with E-state index in [0.717, 1.165) is 5.92 Å². The highest BCUT2D eigenvalue weighted by Gasteiger charge is 2.22. The topological polar surface area (TPSA) is 12.0 Å². The fraction of sp³-hybridized carbons (Fsp3) is 0.714. The van der Waals surface area contributed by atoms with Crippen molar-refractivity contribution < 1.29 is 0 Å². The van der Waals surface area contributed by atoms with Crippen LogP contribution < -0.4 is 5.32 Å². The SMILES string of the molecule is CCCC(C)C(NC)c1cc2c(s1)CCSC2. The molecule has 0 bridgehead atoms. The van der Waals surface area contributed by atoms with E-state index in [-0.39, 0.29) is 0 Å². The molecule has 2 unspecified atom stereocenters. The van der Waals surface area contributed by atoms with Crippen LogP contribution in [0.4, 0.5) is 0 Å². The molecule has 1 aliphatic heterocycles. The van der Waals surface area contributed by atoms with Gasteiger partial charge < -0.3 is 5.32 Å². The molecule has 1 aromatic heterocycles. The van der Waals surface area contributed by atoms with E-state index in [9.17, 15) is 0 Å². The second-order valence-electron chi connectivity index (χ2n) is 4.93. The van der Waals surface area contributed by atoms with E-state index in [4.69, 9.17) is 0 Å². The molecule has 1 aromatic rings. The summed E-state index contributed by atoms with van der Waals surface area (Å²) in [4.78, 5) is 3.20. The lowest BCUT2D eigenvalue weighted by Crippen LogP contribution is -2.22. The van der Waals surface area contributed by atoms with Crippen LogP contribution in [0.25, 0.3) is 0 Å². The zero-order valence-corrected chi connectivity index (χ0v) is 12.7. The molecule has 1 nitrogen and oxygen atoms in total. The molecular weight excluding hydrogens is 246 g/mol. The minimum Gasteiger partial charge on any atom is -0.312 e. The Morgan fingerprint density at radius 2 is 2.29 bits per heavy atom. The Morgan fingerprint density at radius 1 is 1.47 bits per heavy atom. The van der Waals surface area contributed by atoms with E-state index in [2.05, 4.69) is 44.0 Å². The minimum atomic E-state index is 0.551. The summed E-state index contributed by atoms with van der Waals surface area (Å²) < 4.78 is 0. The lowest BCUT2D eigenvalue weighted by Gasteiger charge is -2.22. The molecule has 0 amide bonds. The second kappa shape index (κ2) is 6.26. The third-order valence-corrected chi connectivity index (χ3v) is 5.91. The van der Waals surface area contributed by atoms with Gasteiger partial charge in [-0.2, -0.15) is 11.8 Å². The largest absolute Gasteiger partial charge is 0.312 e. The number of rotatable bonds is 5. The molecule has 96 valence electrons. The molecule has 0 aromatic carbocycles. The monoisotopic (exact) mass is 269 g/mol. The van der Waals surface area contributed by atoms with Gasteiger partial charge in [0.15, 0.2) is 0 Å². The van der Waals surface area contributed by atoms with Crippen LogP contribution in [-0.2, 0) is 12.2 Å². The number of thioether (sulfide) groups is 1. The zero-order valence-electron chi connectivity index (χ0n) is 11.1. The predicted octanol–water partition coefficient (Wildman–Crippen LogP) is 4.23. The van der Waals surface area contributed by atoms with Crippen LogP contribution in [-0.4, -0.2) is 12.8 Å². The van der Waals surface area contributed by atoms with Crippen molar-refractivity contribution in [2.75, 3.05) is 12.8 Å². The highest BCUT2D eigenvalue weighted by atomic mass is 32.2. The molecule has 0 saturated heterocycles. The van der Waals surface area contributed by atoms with Gasteiger partial charge in [0.05, 0.1) is 0 Å². The van der Waals surface area contributed by atoms with E-state index in [1.165, 1.54) is 30.8 Å². The first-order valence-corrected chi connectivity index (χ1v) is 8.59. The summed E-state index contributed by atoms with van der Waals surface area (Å²) in [7, 11) is 2.10. The molecule has 0 fully saturated rings. The van der Waals surface area contributed by atoms with Crippen LogP contribution in [0.3, 0.4) is 0 Å². The summed E-state index contributed by atoms with van der Waals surface area (Å²) in [5.74, 6) is 3.27. The van der Waals surface area contributed by atoms with Crippen molar-refractivity contribution in [1.82, 2.24) is 5.32 Å². The average Bonchev–Trinajstić information content (AvgIpc) is 2.73. The number of nitrogens with one attached hydrogen (secondary N) is 1. The Kier molecular flexibility index (Phi) is 4.95. The van der Waals surface area contributed by atoms with E-state index in [0.29, 0.717) is 6.04 Å². The van der Waals surface area contributed by atoms with Crippen LogP contribution >= 0.6 is 23.1 Å². The normalized spacial score (nSPS) is 18.8. The van der Waals surface area contributed by atoms with Crippen molar-refractivity contribution in [2.24, 2.45) is 5.92 Å². The maximum absolute atomic E-state index is 3.52. The minimum absolute atomic E-state index is 0.551. The fourth-order valence-electron chi connectivity index (χ4n) is 2.65. The summed E-state index contributed by atoms with van der Waals surface area (Å²) >= 11 is 4.12. The molecule has 1 aliphatic rings. The number of aryl methyl sites for hydroxylation is 1. The first-order chi connectivity index (χ1) is 8.26. The summed E-state index contributed by atoms with van der Waals surface area (Å²) in [6.45, 7) is 4.65. The van der Waals surface area contributed by atoms with Crippen molar-refractivity contribution in [3.63, 3.8) is 0 Å². The van der Waals surface area contributed by atoms with Crippen molar-refractivity contribution in [3.05, 3.63) is 21.4 Å². The second-order valence-corrected chi connectivity index (χ2v) is 7.21. The molecule has 0 aliphatic carbocycles. The van der Waals surface area contributed by atoms with Crippen molar-refractivity contribution in [3.8, 4) is 0 Å². The average molecular weight is 269 g/mol. The zero-order chi connectivity index (χ0) is 12.3. The number of hydrogen-bond donors (Lipinski definition) is 1. The number of thiophene rings is 1. The van der Waals surface area contributed by atoms with Crippen LogP contribution in [0.1, 0.15) is 48.0 Å². The number of hydrogen-bond acceptors (Lipinski definition) is 3. The third kappa shape index (κ3) is 3.07. The Labute approximate surface area is 113 Å². The molecule has 2 atom stereocenters. The van der Waals surface area contributed by atoms with Crippen molar-refractivity contribution in [2.45, 2.75) is 44.9 Å². The van der Waals surface area contributed by atoms with Crippen LogP contribution in [0.5, 0.6) is 0 Å². The van der Waals surface area contributed by atoms with Crippen LogP contribution in [0.15, 0.2) is 6.07 Å². The summed E-state index contributed by atoms with van der Waals surface area (Å²) in [5.41, 5.74) is 1.60. The van der Waals surface area contributed by atoms with Gasteiger partial charge in [0.25, 0.3) is 0 Å². The maximum atomic E-state index is 3.52. The Hall–Kier alpha value is 0.01000. The fourth-order valence-corrected chi connectivity index (χ4v) is 5.27. The molecule has 1 N–H and O–H groups in total. The van der Waals surface area contributed by atoms with Gasteiger partial charge in [-0.15, -0.1) is 11.3 Å². The summed E-state index contributed by atoms with van der Waals surface area (Å²) in [6, 6.07) is 3.01. The molecule has 0 radical (unpaired) electrons. The van der Waals surface area contributed by atoms with Gasteiger partial charge >= 0.3 is 0 Å². The molecule has 3 heteroatoms. The van der Waals surface area contributed by atoms with E-state index < -0.39 is 0 Å². The van der Waals surface area contributed by atoms with Gasteiger partial charge in [0.1, 0.15) is 0 Å². The summed E-state index contributed by atoms with van der Waals surface area (Å²) in [5, 5.41) is 3.52. The first-order valence-electron chi connectivity index (χ1n) is 6.62. The van der Waals surface area contributed by atoms with Gasteiger partial charge in [-0.3, -0.25) is 0 Å². The first kappa shape index (κ1) is 13.4. The number of fused-ring (bicyclic) bond motifs is 1. The van der Waals surface area contributed by atoms with E-state index in [1.54, 1.807) is 15.3 Å². The lowest BCUT2D eigenvalue weighted by atomic mass is 9.95. The smallest absolute Gasteiger partial charge is 0.0438 e. The van der Waals surface area contributed by atoms with Gasteiger partial charge in [-0.1, -0.05) is 20.3 Å². The van der Waals surface area contributed by atoms with Gasteiger partial charge in [-0.25, -0.2) is 0 Å². The Balaban J connectivity index is 2.16. The predicted molar refractivity (Wildman–Crippen MR) is 80.1 cm³/mol. The van der Waals surface area contributed by atoms with Crippen molar-refractivity contribution >= 4 is 23.1 Å². The standard InChI is InChI=1S/C14H23NS2/c1-4-5-10(2)14(15-3)13-8-11-9-16-7-6-12(11)17-13/h8,10,14-15H,4-7,9H2,1-3H3. The van der Waals surface area contributed by atoms with Crippen LogP contribution in [0.2, 0.25) is 0 Å².